The minimum absolute atomic E-state index is 0.105. The number of carbonyl (C=O) groups excluding carboxylic acids is 1. The van der Waals surface area contributed by atoms with E-state index in [9.17, 15) is 9.59 Å². The summed E-state index contributed by atoms with van der Waals surface area (Å²) in [5.74, 6) is -1.30. The Morgan fingerprint density at radius 2 is 2.28 bits per heavy atom. The fraction of sp³-hybridized carbons (Fsp3) is 0.500. The summed E-state index contributed by atoms with van der Waals surface area (Å²) < 4.78 is 0. The summed E-state index contributed by atoms with van der Waals surface area (Å²) in [7, 11) is 0. The maximum Gasteiger partial charge on any atom is 0.324 e. The third-order valence-electron chi connectivity index (χ3n) is 3.03. The molecule has 0 spiro atoms. The zero-order valence-corrected chi connectivity index (χ0v) is 9.78. The summed E-state index contributed by atoms with van der Waals surface area (Å²) in [6.07, 6.45) is 3.27. The van der Waals surface area contributed by atoms with Gasteiger partial charge >= 0.3 is 12.0 Å². The fourth-order valence-corrected chi connectivity index (χ4v) is 2.03. The summed E-state index contributed by atoms with van der Waals surface area (Å²) in [6.45, 7) is 2.12. The number of carboxylic acids is 1. The highest BCUT2D eigenvalue weighted by atomic mass is 16.4. The molecule has 2 amide bonds. The molecule has 2 atom stereocenters. The number of anilines is 1. The minimum Gasteiger partial charge on any atom is -0.481 e. The van der Waals surface area contributed by atoms with E-state index in [4.69, 9.17) is 5.11 Å². The monoisotopic (exact) mass is 251 g/mol. The Balaban J connectivity index is 2.01. The van der Waals surface area contributed by atoms with Crippen molar-refractivity contribution in [1.29, 1.82) is 0 Å². The molecule has 1 saturated heterocycles. The minimum atomic E-state index is -0.879. The second-order valence-corrected chi connectivity index (χ2v) is 4.06. The summed E-state index contributed by atoms with van der Waals surface area (Å²) in [5.41, 5.74) is 0. The van der Waals surface area contributed by atoms with Crippen LogP contribution in [0.2, 0.25) is 0 Å². The zero-order chi connectivity index (χ0) is 13.1. The number of nitrogens with zero attached hydrogens (tertiary/aromatic N) is 4. The molecule has 0 bridgehead atoms. The molecule has 0 radical (unpaired) electrons. The lowest BCUT2D eigenvalue weighted by Gasteiger charge is -2.22. The molecule has 8 heteroatoms. The van der Waals surface area contributed by atoms with Crippen molar-refractivity contribution >= 4 is 17.9 Å². The number of likely N-dealkylation sites (tertiary alicyclic amines) is 1. The highest BCUT2D eigenvalue weighted by molar-refractivity contribution is 5.88. The van der Waals surface area contributed by atoms with Gasteiger partial charge in [-0.1, -0.05) is 0 Å². The van der Waals surface area contributed by atoms with Crippen molar-refractivity contribution in [3.05, 3.63) is 12.4 Å². The first-order valence-corrected chi connectivity index (χ1v) is 5.53. The van der Waals surface area contributed by atoms with Crippen LogP contribution in [-0.4, -0.2) is 49.8 Å². The predicted octanol–water partition coefficient (Wildman–Crippen LogP) is 0.198. The van der Waals surface area contributed by atoms with Crippen molar-refractivity contribution < 1.29 is 14.7 Å². The number of nitrogens with one attached hydrogen (secondary N) is 1. The smallest absolute Gasteiger partial charge is 0.324 e. The first kappa shape index (κ1) is 12.2. The molecule has 1 fully saturated rings. The second-order valence-electron chi connectivity index (χ2n) is 4.06. The first-order chi connectivity index (χ1) is 8.59. The number of aromatic nitrogens is 3. The van der Waals surface area contributed by atoms with Crippen LogP contribution in [0.1, 0.15) is 13.3 Å². The Hall–Kier alpha value is -2.25. The number of aliphatic carboxylic acids is 1. The van der Waals surface area contributed by atoms with Gasteiger partial charge in [-0.05, 0) is 13.3 Å². The second kappa shape index (κ2) is 4.94. The van der Waals surface area contributed by atoms with E-state index in [0.29, 0.717) is 13.0 Å². The lowest BCUT2D eigenvalue weighted by atomic mass is 10.0. The third kappa shape index (κ3) is 2.36. The number of rotatable bonds is 2. The van der Waals surface area contributed by atoms with Gasteiger partial charge in [-0.15, -0.1) is 5.10 Å². The van der Waals surface area contributed by atoms with Crippen molar-refractivity contribution in [1.82, 2.24) is 20.1 Å². The summed E-state index contributed by atoms with van der Waals surface area (Å²) in [6, 6.07) is -0.751. The normalized spacial score (nSPS) is 22.8. The Kier molecular flexibility index (Phi) is 3.35. The van der Waals surface area contributed by atoms with Gasteiger partial charge in [0.1, 0.15) is 0 Å². The van der Waals surface area contributed by atoms with Gasteiger partial charge in [0, 0.05) is 12.6 Å². The predicted molar refractivity (Wildman–Crippen MR) is 60.8 cm³/mol. The molecule has 96 valence electrons. The largest absolute Gasteiger partial charge is 0.481 e. The third-order valence-corrected chi connectivity index (χ3v) is 3.03. The number of carbonyl (C=O) groups is 2. The van der Waals surface area contributed by atoms with Gasteiger partial charge in [0.15, 0.2) is 0 Å². The van der Waals surface area contributed by atoms with Crippen LogP contribution in [0, 0.1) is 5.92 Å². The number of hydrogen-bond acceptors (Lipinski definition) is 5. The molecule has 2 N–H and O–H groups in total. The van der Waals surface area contributed by atoms with Crippen LogP contribution >= 0.6 is 0 Å². The molecule has 0 saturated carbocycles. The van der Waals surface area contributed by atoms with E-state index in [2.05, 4.69) is 20.5 Å². The molecule has 2 unspecified atom stereocenters. The van der Waals surface area contributed by atoms with E-state index in [1.165, 1.54) is 17.3 Å². The van der Waals surface area contributed by atoms with Gasteiger partial charge in [-0.25, -0.2) is 9.78 Å². The Labute approximate surface area is 103 Å². The van der Waals surface area contributed by atoms with Crippen molar-refractivity contribution in [2.45, 2.75) is 19.4 Å². The van der Waals surface area contributed by atoms with Crippen LogP contribution in [0.3, 0.4) is 0 Å². The van der Waals surface area contributed by atoms with Crippen LogP contribution in [-0.2, 0) is 4.79 Å². The first-order valence-electron chi connectivity index (χ1n) is 5.53. The van der Waals surface area contributed by atoms with Crippen molar-refractivity contribution in [3.63, 3.8) is 0 Å². The molecule has 8 nitrogen and oxygen atoms in total. The van der Waals surface area contributed by atoms with E-state index in [-0.39, 0.29) is 12.0 Å². The summed E-state index contributed by atoms with van der Waals surface area (Å²) in [4.78, 5) is 28.1. The van der Waals surface area contributed by atoms with Crippen LogP contribution < -0.4 is 5.32 Å². The maximum absolute atomic E-state index is 11.9. The SMILES string of the molecule is CC1C(C(=O)O)CCN1C(=O)Nc1nccnn1. The molecular formula is C10H13N5O3. The molecule has 1 aliphatic heterocycles. The maximum atomic E-state index is 11.9. The highest BCUT2D eigenvalue weighted by Crippen LogP contribution is 2.24. The lowest BCUT2D eigenvalue weighted by Crippen LogP contribution is -2.40. The molecule has 1 aromatic heterocycles. The van der Waals surface area contributed by atoms with Crippen LogP contribution in [0.5, 0.6) is 0 Å². The molecule has 0 aliphatic carbocycles. The highest BCUT2D eigenvalue weighted by Gasteiger charge is 2.38. The number of amides is 2. The molecule has 2 heterocycles. The van der Waals surface area contributed by atoms with E-state index < -0.39 is 17.9 Å². The van der Waals surface area contributed by atoms with Gasteiger partial charge in [0.2, 0.25) is 0 Å². The van der Waals surface area contributed by atoms with Crippen molar-refractivity contribution in [2.75, 3.05) is 11.9 Å². The van der Waals surface area contributed by atoms with Gasteiger partial charge in [-0.2, -0.15) is 5.10 Å². The van der Waals surface area contributed by atoms with Gasteiger partial charge in [-0.3, -0.25) is 10.1 Å². The van der Waals surface area contributed by atoms with Gasteiger partial charge in [0.25, 0.3) is 5.95 Å². The summed E-state index contributed by atoms with van der Waals surface area (Å²) in [5, 5.41) is 18.7. The average molecular weight is 251 g/mol. The Bertz CT molecular complexity index is 452. The van der Waals surface area contributed by atoms with Crippen molar-refractivity contribution in [3.8, 4) is 0 Å². The fourth-order valence-electron chi connectivity index (χ4n) is 2.03. The molecule has 0 aromatic carbocycles. The standard InChI is InChI=1S/C10H13N5O3/c1-6-7(8(16)17)2-5-15(6)10(18)13-9-11-3-4-12-14-9/h3-4,6-7H,2,5H2,1H3,(H,16,17)(H,11,13,14,18). The lowest BCUT2D eigenvalue weighted by molar-refractivity contribution is -0.142. The molecular weight excluding hydrogens is 238 g/mol. The Morgan fingerprint density at radius 3 is 2.83 bits per heavy atom. The topological polar surface area (TPSA) is 108 Å². The molecule has 2 rings (SSSR count). The van der Waals surface area contributed by atoms with E-state index >= 15 is 0 Å². The number of hydrogen-bond donors (Lipinski definition) is 2. The quantitative estimate of drug-likeness (QED) is 0.777. The Morgan fingerprint density at radius 1 is 1.50 bits per heavy atom. The van der Waals surface area contributed by atoms with Gasteiger partial charge < -0.3 is 10.0 Å². The summed E-state index contributed by atoms with van der Waals surface area (Å²) >= 11 is 0. The van der Waals surface area contributed by atoms with Gasteiger partial charge in [0.05, 0.1) is 18.3 Å². The number of carboxylic acid groups (broad SMARTS) is 1. The molecule has 1 aliphatic rings. The number of urea groups is 1. The molecule has 1 aromatic rings. The van der Waals surface area contributed by atoms with Crippen LogP contribution in [0.15, 0.2) is 12.4 Å². The molecule has 18 heavy (non-hydrogen) atoms. The van der Waals surface area contributed by atoms with E-state index in [1.807, 2.05) is 0 Å². The average Bonchev–Trinajstić information content (AvgIpc) is 2.72. The van der Waals surface area contributed by atoms with Crippen LogP contribution in [0.4, 0.5) is 10.7 Å². The zero-order valence-electron chi connectivity index (χ0n) is 9.78. The van der Waals surface area contributed by atoms with Crippen LogP contribution in [0.25, 0.3) is 0 Å². The van der Waals surface area contributed by atoms with E-state index in [1.54, 1.807) is 6.92 Å². The van der Waals surface area contributed by atoms with Crippen molar-refractivity contribution in [2.24, 2.45) is 5.92 Å². The van der Waals surface area contributed by atoms with E-state index in [0.717, 1.165) is 0 Å².